The summed E-state index contributed by atoms with van der Waals surface area (Å²) in [5, 5.41) is -0.0111. The molecular weight excluding hydrogens is 742 g/mol. The van der Waals surface area contributed by atoms with Crippen molar-refractivity contribution in [3.05, 3.63) is 52.6 Å². The molecule has 1 N–H and O–H groups in total. The first-order valence-electron chi connectivity index (χ1n) is 10.8. The Labute approximate surface area is 249 Å². The number of nitrogens with one attached hydrogen (secondary N) is 1. The second-order valence-corrected chi connectivity index (χ2v) is 13.6. The number of carbonyl (C=O) groups excluding carboxylic acids is 1. The Balaban J connectivity index is 2.47. The lowest BCUT2D eigenvalue weighted by molar-refractivity contribution is -0.388. The number of anilines is 1. The van der Waals surface area contributed by atoms with Gasteiger partial charge in [0.1, 0.15) is 10.6 Å². The Hall–Kier alpha value is -3.42. The fourth-order valence-electron chi connectivity index (χ4n) is 3.01. The minimum Gasteiger partial charge on any atom is -0.324 e. The van der Waals surface area contributed by atoms with Crippen LogP contribution < -0.4 is 5.32 Å². The first kappa shape index (κ1) is 38.8. The van der Waals surface area contributed by atoms with Crippen molar-refractivity contribution in [1.29, 1.82) is 0 Å². The smallest absolute Gasteiger partial charge is 0.324 e. The second-order valence-electron chi connectivity index (χ2n) is 8.47. The molecule has 0 radical (unpaired) electrons. The van der Waals surface area contributed by atoms with Crippen LogP contribution in [0.5, 0.6) is 0 Å². The van der Waals surface area contributed by atoms with Crippen LogP contribution in [-0.4, -0.2) is 68.1 Å². The third kappa shape index (κ3) is 6.96. The molecule has 0 aliphatic heterocycles. The van der Waals surface area contributed by atoms with Gasteiger partial charge in [-0.15, -0.1) is 0 Å². The summed E-state index contributed by atoms with van der Waals surface area (Å²) in [5.41, 5.74) is -3.06. The van der Waals surface area contributed by atoms with Crippen LogP contribution in [0, 0.1) is 10.1 Å². The molecule has 0 saturated carbocycles. The van der Waals surface area contributed by atoms with Crippen molar-refractivity contribution in [2.45, 2.75) is 49.4 Å². The van der Waals surface area contributed by atoms with Crippen LogP contribution in [0.15, 0.2) is 57.2 Å². The minimum absolute atomic E-state index is 0.237. The van der Waals surface area contributed by atoms with E-state index in [1.807, 2.05) is 0 Å². The monoisotopic (exact) mass is 752 g/mol. The molecule has 2 rings (SSSR count). The maximum absolute atomic E-state index is 13.9. The molecule has 0 fully saturated rings. The van der Waals surface area contributed by atoms with Crippen molar-refractivity contribution in [3.8, 4) is 0 Å². The van der Waals surface area contributed by atoms with E-state index < -0.39 is 115 Å². The van der Waals surface area contributed by atoms with Crippen molar-refractivity contribution in [1.82, 2.24) is 0 Å². The number of halogens is 14. The summed E-state index contributed by atoms with van der Waals surface area (Å²) in [7, 11) is -12.7. The summed E-state index contributed by atoms with van der Waals surface area (Å²) in [5.74, 6) is -17.8. The maximum Gasteiger partial charge on any atom is 0.461 e. The third-order valence-corrected chi connectivity index (χ3v) is 9.83. The number of nitro groups is 1. The quantitative estimate of drug-likeness (QED) is 0.120. The average Bonchev–Trinajstić information content (AvgIpc) is 2.87. The minimum atomic E-state index is -7.27. The number of alkyl halides is 14. The van der Waals surface area contributed by atoms with E-state index in [0.717, 1.165) is 12.1 Å². The molecule has 46 heavy (non-hydrogen) atoms. The number of carbonyl (C=O) groups is 1. The zero-order valence-corrected chi connectivity index (χ0v) is 23.5. The van der Waals surface area contributed by atoms with Crippen molar-refractivity contribution in [2.24, 2.45) is 0 Å². The Morgan fingerprint density at radius 2 is 1.28 bits per heavy atom. The average molecular weight is 752 g/mol. The van der Waals surface area contributed by atoms with Crippen LogP contribution in [0.4, 0.5) is 72.8 Å². The van der Waals surface area contributed by atoms with E-state index in [0.29, 0.717) is 12.1 Å². The van der Waals surface area contributed by atoms with Gasteiger partial charge in [0.15, 0.2) is 9.84 Å². The summed E-state index contributed by atoms with van der Waals surface area (Å²) in [6.45, 7) is 0. The van der Waals surface area contributed by atoms with E-state index in [1.54, 1.807) is 0 Å². The predicted octanol–water partition coefficient (Wildman–Crippen LogP) is 6.45. The Kier molecular flexibility index (Phi) is 10.1. The molecule has 2 aromatic rings. The molecule has 0 aromatic heterocycles. The van der Waals surface area contributed by atoms with Gasteiger partial charge in [-0.2, -0.15) is 61.5 Å². The molecule has 0 aliphatic rings. The molecule has 0 heterocycles. The van der Waals surface area contributed by atoms with Crippen LogP contribution in [0.1, 0.15) is 0 Å². The SMILES string of the molecule is O=C(CS(=O)(=O)c1ccc(S(=O)(=O)C(F)(F)C(F)(F)C(F)(F)F)cc1[N+](=O)[O-])Nc1ccccc1SC(F)(F)C(F)(F)C(F)(F)F. The zero-order chi connectivity index (χ0) is 36.1. The topological polar surface area (TPSA) is 141 Å². The zero-order valence-electron chi connectivity index (χ0n) is 21.1. The van der Waals surface area contributed by atoms with Gasteiger partial charge in [-0.05, 0) is 36.0 Å². The molecule has 1 amide bonds. The van der Waals surface area contributed by atoms with Gasteiger partial charge < -0.3 is 5.32 Å². The summed E-state index contributed by atoms with van der Waals surface area (Å²) < 4.78 is 233. The number of para-hydroxylation sites is 1. The third-order valence-electron chi connectivity index (χ3n) is 5.27. The van der Waals surface area contributed by atoms with Crippen molar-refractivity contribution in [3.63, 3.8) is 0 Å². The van der Waals surface area contributed by atoms with Gasteiger partial charge in [0, 0.05) is 11.0 Å². The highest BCUT2D eigenvalue weighted by Crippen LogP contribution is 2.55. The lowest BCUT2D eigenvalue weighted by atomic mass is 10.3. The van der Waals surface area contributed by atoms with Gasteiger partial charge in [0.25, 0.3) is 15.5 Å². The van der Waals surface area contributed by atoms with Crippen LogP contribution in [0.3, 0.4) is 0 Å². The number of sulfone groups is 2. The van der Waals surface area contributed by atoms with Crippen LogP contribution in [-0.2, 0) is 24.5 Å². The molecule has 0 atom stereocenters. The highest BCUT2D eigenvalue weighted by Gasteiger charge is 2.79. The number of nitro benzene ring substituents is 1. The fourth-order valence-corrected chi connectivity index (χ4v) is 6.47. The number of rotatable bonds is 11. The molecule has 9 nitrogen and oxygen atoms in total. The highest BCUT2D eigenvalue weighted by atomic mass is 32.2. The molecule has 26 heteroatoms. The number of hydrogen-bond acceptors (Lipinski definition) is 8. The highest BCUT2D eigenvalue weighted by molar-refractivity contribution is 8.00. The van der Waals surface area contributed by atoms with Crippen molar-refractivity contribution in [2.75, 3.05) is 11.1 Å². The number of nitrogens with zero attached hydrogens (tertiary/aromatic N) is 1. The molecule has 0 saturated heterocycles. The first-order valence-corrected chi connectivity index (χ1v) is 14.8. The summed E-state index contributed by atoms with van der Waals surface area (Å²) in [6.07, 6.45) is -13.9. The summed E-state index contributed by atoms with van der Waals surface area (Å²) >= 11 is -1.42. The molecule has 0 aliphatic carbocycles. The molecule has 0 bridgehead atoms. The Morgan fingerprint density at radius 3 is 1.76 bits per heavy atom. The van der Waals surface area contributed by atoms with E-state index in [1.165, 1.54) is 5.32 Å². The van der Waals surface area contributed by atoms with Gasteiger partial charge in [0.05, 0.1) is 15.5 Å². The van der Waals surface area contributed by atoms with E-state index in [2.05, 4.69) is 0 Å². The van der Waals surface area contributed by atoms with Crippen molar-refractivity contribution < 1.29 is 88.0 Å². The normalized spacial score (nSPS) is 14.2. The Morgan fingerprint density at radius 1 is 0.783 bits per heavy atom. The van der Waals surface area contributed by atoms with Gasteiger partial charge in [-0.1, -0.05) is 12.1 Å². The van der Waals surface area contributed by atoms with Crippen LogP contribution in [0.2, 0.25) is 0 Å². The first-order chi connectivity index (χ1) is 20.3. The lowest BCUT2D eigenvalue weighted by Gasteiger charge is -2.28. The molecule has 0 unspecified atom stereocenters. The number of thioether (sulfide) groups is 1. The summed E-state index contributed by atoms with van der Waals surface area (Å²) in [6, 6.07) is 1.54. The van der Waals surface area contributed by atoms with Crippen LogP contribution in [0.25, 0.3) is 0 Å². The molecule has 0 spiro atoms. The van der Waals surface area contributed by atoms with E-state index in [-0.39, 0.29) is 12.1 Å². The van der Waals surface area contributed by atoms with Gasteiger partial charge in [-0.25, -0.2) is 16.8 Å². The Bertz CT molecular complexity index is 1740. The number of amides is 1. The van der Waals surface area contributed by atoms with E-state index >= 15 is 0 Å². The summed E-state index contributed by atoms with van der Waals surface area (Å²) in [4.78, 5) is 16.7. The predicted molar refractivity (Wildman–Crippen MR) is 125 cm³/mol. The van der Waals surface area contributed by atoms with Crippen molar-refractivity contribution >= 4 is 48.7 Å². The van der Waals surface area contributed by atoms with E-state index in [9.17, 15) is 93.2 Å². The van der Waals surface area contributed by atoms with Gasteiger partial charge in [0.2, 0.25) is 5.91 Å². The molecule has 258 valence electrons. The van der Waals surface area contributed by atoms with E-state index in [4.69, 9.17) is 0 Å². The molecular formula is C20H10F14N2O7S3. The molecule has 2 aromatic carbocycles. The lowest BCUT2D eigenvalue weighted by Crippen LogP contribution is -2.55. The van der Waals surface area contributed by atoms with Gasteiger partial charge >= 0.3 is 34.7 Å². The number of benzene rings is 2. The number of hydrogen-bond donors (Lipinski definition) is 1. The largest absolute Gasteiger partial charge is 0.461 e. The fraction of sp³-hybridized carbons (Fsp3) is 0.350. The maximum atomic E-state index is 13.9. The van der Waals surface area contributed by atoms with Crippen LogP contribution >= 0.6 is 11.8 Å². The second kappa shape index (κ2) is 12.0. The standard InChI is InChI=1S/C20H10F14N2O7S3/c21-15(22,17(25,26)27)19(31,32)44-12-4-2-1-3-10(12)35-14(37)8-45(40,41)13-6-5-9(7-11(13)36(38)39)46(42,43)20(33,34)16(23,24)18(28,29)30/h1-7H,8H2,(H,35,37). The van der Waals surface area contributed by atoms with Gasteiger partial charge in [-0.3, -0.25) is 14.9 Å².